The van der Waals surface area contributed by atoms with E-state index >= 15 is 0 Å². The Morgan fingerprint density at radius 3 is 2.35 bits per heavy atom. The molecule has 96 valence electrons. The van der Waals surface area contributed by atoms with E-state index in [0.717, 1.165) is 16.9 Å². The van der Waals surface area contributed by atoms with Gasteiger partial charge in [-0.15, -0.1) is 0 Å². The fraction of sp³-hybridized carbons (Fsp3) is 0.538. The van der Waals surface area contributed by atoms with Gasteiger partial charge in [0.2, 0.25) is 0 Å². The number of rotatable bonds is 5. The molecule has 0 bridgehead atoms. The van der Waals surface area contributed by atoms with Gasteiger partial charge in [0.1, 0.15) is 11.5 Å². The average molecular weight is 239 g/mol. The average Bonchev–Trinajstić information content (AvgIpc) is 2.36. The van der Waals surface area contributed by atoms with Gasteiger partial charge in [-0.1, -0.05) is 6.92 Å². The predicted octanol–water partition coefficient (Wildman–Crippen LogP) is 1.22. The van der Waals surface area contributed by atoms with Crippen molar-refractivity contribution < 1.29 is 14.6 Å². The van der Waals surface area contributed by atoms with Crippen molar-refractivity contribution in [3.8, 4) is 11.5 Å². The molecule has 0 radical (unpaired) electrons. The minimum absolute atomic E-state index is 0.0208. The van der Waals surface area contributed by atoms with Crippen LogP contribution in [0.1, 0.15) is 18.1 Å². The highest BCUT2D eigenvalue weighted by molar-refractivity contribution is 5.50. The number of hydrogen-bond donors (Lipinski definition) is 2. The number of benzene rings is 1. The third-order valence-corrected chi connectivity index (χ3v) is 3.13. The molecule has 1 aromatic rings. The standard InChI is InChI=1S/C13H21NO3/c1-9-5-10(16-3)6-11(17-4)12(9)13(2,7-14)8-15/h5-6,15H,7-8,14H2,1-4H3. The lowest BCUT2D eigenvalue weighted by Crippen LogP contribution is -2.36. The van der Waals surface area contributed by atoms with Crippen molar-refractivity contribution in [1.82, 2.24) is 0 Å². The molecule has 0 heterocycles. The van der Waals surface area contributed by atoms with E-state index in [4.69, 9.17) is 15.2 Å². The maximum atomic E-state index is 9.54. The summed E-state index contributed by atoms with van der Waals surface area (Å²) < 4.78 is 10.6. The molecule has 0 aliphatic rings. The second-order valence-electron chi connectivity index (χ2n) is 4.44. The summed E-state index contributed by atoms with van der Waals surface area (Å²) in [7, 11) is 3.22. The van der Waals surface area contributed by atoms with Gasteiger partial charge in [0.25, 0.3) is 0 Å². The Labute approximate surface area is 102 Å². The first-order valence-corrected chi connectivity index (χ1v) is 5.56. The number of methoxy groups -OCH3 is 2. The first-order valence-electron chi connectivity index (χ1n) is 5.56. The molecule has 17 heavy (non-hydrogen) atoms. The van der Waals surface area contributed by atoms with Gasteiger partial charge < -0.3 is 20.3 Å². The second kappa shape index (κ2) is 5.38. The van der Waals surface area contributed by atoms with Crippen molar-refractivity contribution in [3.05, 3.63) is 23.3 Å². The van der Waals surface area contributed by atoms with Crippen molar-refractivity contribution in [2.24, 2.45) is 5.73 Å². The summed E-state index contributed by atoms with van der Waals surface area (Å²) in [5, 5.41) is 9.54. The van der Waals surface area contributed by atoms with E-state index in [9.17, 15) is 5.11 Å². The van der Waals surface area contributed by atoms with Crippen molar-refractivity contribution in [2.75, 3.05) is 27.4 Å². The van der Waals surface area contributed by atoms with E-state index in [-0.39, 0.29) is 6.61 Å². The molecular formula is C13H21NO3. The fourth-order valence-electron chi connectivity index (χ4n) is 2.02. The number of hydrogen-bond acceptors (Lipinski definition) is 4. The van der Waals surface area contributed by atoms with Gasteiger partial charge in [-0.2, -0.15) is 0 Å². The summed E-state index contributed by atoms with van der Waals surface area (Å²) in [5.41, 5.74) is 7.21. The zero-order valence-electron chi connectivity index (χ0n) is 10.9. The third kappa shape index (κ3) is 2.53. The van der Waals surface area contributed by atoms with E-state index in [0.29, 0.717) is 12.3 Å². The first kappa shape index (κ1) is 13.8. The van der Waals surface area contributed by atoms with Crippen LogP contribution in [0, 0.1) is 6.92 Å². The SMILES string of the molecule is COc1cc(C)c(C(C)(CN)CO)c(OC)c1. The Hall–Kier alpha value is -1.26. The van der Waals surface area contributed by atoms with Crippen LogP contribution in [0.2, 0.25) is 0 Å². The summed E-state index contributed by atoms with van der Waals surface area (Å²) in [5.74, 6) is 1.43. The molecule has 0 saturated carbocycles. The van der Waals surface area contributed by atoms with E-state index in [1.807, 2.05) is 26.0 Å². The fourth-order valence-corrected chi connectivity index (χ4v) is 2.02. The minimum Gasteiger partial charge on any atom is -0.497 e. The molecule has 1 aromatic carbocycles. The van der Waals surface area contributed by atoms with Crippen LogP contribution in [0.25, 0.3) is 0 Å². The highest BCUT2D eigenvalue weighted by atomic mass is 16.5. The molecule has 1 atom stereocenters. The normalized spacial score (nSPS) is 14.2. The molecular weight excluding hydrogens is 218 g/mol. The van der Waals surface area contributed by atoms with Gasteiger partial charge in [0, 0.05) is 23.6 Å². The summed E-state index contributed by atoms with van der Waals surface area (Å²) in [4.78, 5) is 0. The van der Waals surface area contributed by atoms with Crippen molar-refractivity contribution >= 4 is 0 Å². The Morgan fingerprint density at radius 1 is 1.29 bits per heavy atom. The van der Waals surface area contributed by atoms with Gasteiger partial charge in [-0.25, -0.2) is 0 Å². The molecule has 0 amide bonds. The third-order valence-electron chi connectivity index (χ3n) is 3.13. The van der Waals surface area contributed by atoms with Gasteiger partial charge in [-0.3, -0.25) is 0 Å². The summed E-state index contributed by atoms with van der Waals surface area (Å²) >= 11 is 0. The molecule has 0 spiro atoms. The van der Waals surface area contributed by atoms with Gasteiger partial charge in [0.05, 0.1) is 20.8 Å². The van der Waals surface area contributed by atoms with Crippen LogP contribution >= 0.6 is 0 Å². The quantitative estimate of drug-likeness (QED) is 0.811. The molecule has 0 aliphatic carbocycles. The molecule has 0 aromatic heterocycles. The first-order chi connectivity index (χ1) is 8.02. The Balaban J connectivity index is 3.41. The van der Waals surface area contributed by atoms with E-state index in [2.05, 4.69) is 0 Å². The topological polar surface area (TPSA) is 64.7 Å². The lowest BCUT2D eigenvalue weighted by atomic mass is 9.80. The molecule has 1 rings (SSSR count). The zero-order valence-corrected chi connectivity index (χ0v) is 10.9. The van der Waals surface area contributed by atoms with Crippen LogP contribution in [0.4, 0.5) is 0 Å². The Kier molecular flexibility index (Phi) is 4.37. The Bertz CT molecular complexity index is 386. The minimum atomic E-state index is -0.498. The number of aliphatic hydroxyl groups excluding tert-OH is 1. The predicted molar refractivity (Wildman–Crippen MR) is 67.8 cm³/mol. The Morgan fingerprint density at radius 2 is 1.94 bits per heavy atom. The van der Waals surface area contributed by atoms with Crippen molar-refractivity contribution in [2.45, 2.75) is 19.3 Å². The summed E-state index contributed by atoms with van der Waals surface area (Å²) in [6, 6.07) is 3.73. The van der Waals surface area contributed by atoms with Crippen LogP contribution in [0.3, 0.4) is 0 Å². The molecule has 0 fully saturated rings. The lowest BCUT2D eigenvalue weighted by Gasteiger charge is -2.30. The molecule has 0 saturated heterocycles. The van der Waals surface area contributed by atoms with Gasteiger partial charge >= 0.3 is 0 Å². The molecule has 4 heteroatoms. The van der Waals surface area contributed by atoms with Crippen LogP contribution in [-0.2, 0) is 5.41 Å². The number of ether oxygens (including phenoxy) is 2. The van der Waals surface area contributed by atoms with E-state index in [1.165, 1.54) is 0 Å². The van der Waals surface area contributed by atoms with Crippen molar-refractivity contribution in [1.29, 1.82) is 0 Å². The van der Waals surface area contributed by atoms with Crippen LogP contribution in [0.5, 0.6) is 11.5 Å². The van der Waals surface area contributed by atoms with Crippen LogP contribution in [-0.4, -0.2) is 32.5 Å². The highest BCUT2D eigenvalue weighted by Gasteiger charge is 2.30. The van der Waals surface area contributed by atoms with E-state index < -0.39 is 5.41 Å². The van der Waals surface area contributed by atoms with E-state index in [1.54, 1.807) is 14.2 Å². The monoisotopic (exact) mass is 239 g/mol. The summed E-state index contributed by atoms with van der Waals surface area (Å²) in [6.45, 7) is 4.22. The van der Waals surface area contributed by atoms with Gasteiger partial charge in [-0.05, 0) is 18.6 Å². The smallest absolute Gasteiger partial charge is 0.126 e. The molecule has 1 unspecified atom stereocenters. The van der Waals surface area contributed by atoms with Crippen LogP contribution < -0.4 is 15.2 Å². The highest BCUT2D eigenvalue weighted by Crippen LogP contribution is 2.36. The largest absolute Gasteiger partial charge is 0.497 e. The van der Waals surface area contributed by atoms with Crippen LogP contribution in [0.15, 0.2) is 12.1 Å². The molecule has 4 nitrogen and oxygen atoms in total. The maximum Gasteiger partial charge on any atom is 0.126 e. The maximum absolute atomic E-state index is 9.54. The second-order valence-corrected chi connectivity index (χ2v) is 4.44. The van der Waals surface area contributed by atoms with Gasteiger partial charge in [0.15, 0.2) is 0 Å². The summed E-state index contributed by atoms with van der Waals surface area (Å²) in [6.07, 6.45) is 0. The number of nitrogens with two attached hydrogens (primary N) is 1. The zero-order chi connectivity index (χ0) is 13.1. The number of aryl methyl sites for hydroxylation is 1. The van der Waals surface area contributed by atoms with Crippen molar-refractivity contribution in [3.63, 3.8) is 0 Å². The molecule has 3 N–H and O–H groups in total. The molecule has 0 aliphatic heterocycles. The number of aliphatic hydroxyl groups is 1. The lowest BCUT2D eigenvalue weighted by molar-refractivity contribution is 0.206.